The van der Waals surface area contributed by atoms with Gasteiger partial charge in [0, 0.05) is 10.2 Å². The second-order valence-electron chi connectivity index (χ2n) is 3.98. The van der Waals surface area contributed by atoms with Gasteiger partial charge in [0.1, 0.15) is 0 Å². The van der Waals surface area contributed by atoms with Gasteiger partial charge >= 0.3 is 0 Å². The lowest BCUT2D eigenvalue weighted by Crippen LogP contribution is -2.14. The minimum absolute atomic E-state index is 0.260. The van der Waals surface area contributed by atoms with Crippen molar-refractivity contribution in [2.75, 3.05) is 5.32 Å². The van der Waals surface area contributed by atoms with E-state index < -0.39 is 0 Å². The molecule has 18 heavy (non-hydrogen) atoms. The van der Waals surface area contributed by atoms with Crippen LogP contribution in [0.15, 0.2) is 34.8 Å². The van der Waals surface area contributed by atoms with E-state index in [1.54, 1.807) is 12.1 Å². The average molecular weight is 306 g/mol. The molecule has 0 saturated carbocycles. The van der Waals surface area contributed by atoms with Gasteiger partial charge in [-0.3, -0.25) is 4.79 Å². The number of benzene rings is 1. The highest BCUT2D eigenvalue weighted by atomic mass is 79.9. The summed E-state index contributed by atoms with van der Waals surface area (Å²) in [4.78, 5) is 11.9. The molecule has 0 fully saturated rings. The Hall–Kier alpha value is -1.75. The number of amides is 1. The number of aromatic nitrogens is 2. The quantitative estimate of drug-likeness (QED) is 0.927. The average Bonchev–Trinajstić information content (AvgIpc) is 2.34. The van der Waals surface area contributed by atoms with Gasteiger partial charge in [-0.15, -0.1) is 5.10 Å². The fourth-order valence-corrected chi connectivity index (χ4v) is 1.68. The first-order chi connectivity index (χ1) is 8.56. The van der Waals surface area contributed by atoms with E-state index >= 15 is 0 Å². The first kappa shape index (κ1) is 12.7. The van der Waals surface area contributed by atoms with Crippen LogP contribution >= 0.6 is 15.9 Å². The summed E-state index contributed by atoms with van der Waals surface area (Å²) in [7, 11) is 0. The van der Waals surface area contributed by atoms with Gasteiger partial charge in [-0.05, 0) is 49.7 Å². The van der Waals surface area contributed by atoms with Crippen LogP contribution in [-0.2, 0) is 0 Å². The maximum Gasteiger partial charge on any atom is 0.276 e. The van der Waals surface area contributed by atoms with Crippen LogP contribution in [0.5, 0.6) is 0 Å². The minimum Gasteiger partial charge on any atom is -0.321 e. The molecule has 1 N–H and O–H groups in total. The number of hydrogen-bond acceptors (Lipinski definition) is 3. The van der Waals surface area contributed by atoms with Crippen molar-refractivity contribution in [1.29, 1.82) is 0 Å². The Labute approximate surface area is 114 Å². The molecule has 0 bridgehead atoms. The van der Waals surface area contributed by atoms with Crippen LogP contribution in [0, 0.1) is 13.8 Å². The Morgan fingerprint density at radius 3 is 2.56 bits per heavy atom. The molecule has 0 aliphatic heterocycles. The minimum atomic E-state index is -0.260. The highest BCUT2D eigenvalue weighted by molar-refractivity contribution is 9.10. The first-order valence-corrected chi connectivity index (χ1v) is 6.23. The molecule has 1 heterocycles. The fraction of sp³-hybridized carbons (Fsp3) is 0.154. The molecule has 4 nitrogen and oxygen atoms in total. The Bertz CT molecular complexity index is 581. The van der Waals surface area contributed by atoms with Crippen LogP contribution in [0.25, 0.3) is 0 Å². The Balaban J connectivity index is 2.16. The molecule has 1 aromatic heterocycles. The molecule has 0 aliphatic carbocycles. The summed E-state index contributed by atoms with van der Waals surface area (Å²) < 4.78 is 1.01. The highest BCUT2D eigenvalue weighted by Crippen LogP contribution is 2.20. The second-order valence-corrected chi connectivity index (χ2v) is 4.83. The van der Waals surface area contributed by atoms with Crippen LogP contribution < -0.4 is 5.32 Å². The summed E-state index contributed by atoms with van der Waals surface area (Å²) in [5, 5.41) is 10.5. The van der Waals surface area contributed by atoms with Crippen molar-refractivity contribution in [3.63, 3.8) is 0 Å². The second kappa shape index (κ2) is 5.27. The van der Waals surface area contributed by atoms with E-state index in [1.807, 2.05) is 32.0 Å². The standard InChI is InChI=1S/C13H12BrN3O/c1-8-7-10(4-5-11(8)14)15-13(18)12-6-3-9(2)16-17-12/h3-7H,1-2H3,(H,15,18). The number of nitrogens with zero attached hydrogens (tertiary/aromatic N) is 2. The SMILES string of the molecule is Cc1ccc(C(=O)Nc2ccc(Br)c(C)c2)nn1. The summed E-state index contributed by atoms with van der Waals surface area (Å²) in [6.45, 7) is 3.79. The van der Waals surface area contributed by atoms with Gasteiger partial charge in [-0.1, -0.05) is 15.9 Å². The lowest BCUT2D eigenvalue weighted by molar-refractivity contribution is 0.102. The van der Waals surface area contributed by atoms with E-state index in [0.717, 1.165) is 21.4 Å². The molecule has 0 saturated heterocycles. The van der Waals surface area contributed by atoms with E-state index in [0.29, 0.717) is 5.69 Å². The van der Waals surface area contributed by atoms with E-state index in [1.165, 1.54) is 0 Å². The monoisotopic (exact) mass is 305 g/mol. The maximum atomic E-state index is 11.9. The van der Waals surface area contributed by atoms with Crippen LogP contribution in [0.4, 0.5) is 5.69 Å². The van der Waals surface area contributed by atoms with Crippen molar-refractivity contribution in [3.05, 3.63) is 51.8 Å². The number of carbonyl (C=O) groups excluding carboxylic acids is 1. The van der Waals surface area contributed by atoms with Crippen LogP contribution in [0.2, 0.25) is 0 Å². The smallest absolute Gasteiger partial charge is 0.276 e. The van der Waals surface area contributed by atoms with Crippen molar-refractivity contribution >= 4 is 27.5 Å². The molecule has 0 unspecified atom stereocenters. The highest BCUT2D eigenvalue weighted by Gasteiger charge is 2.08. The molecule has 2 rings (SSSR count). The third kappa shape index (κ3) is 2.92. The lowest BCUT2D eigenvalue weighted by Gasteiger charge is -2.06. The predicted molar refractivity (Wildman–Crippen MR) is 73.6 cm³/mol. The van der Waals surface area contributed by atoms with Crippen LogP contribution in [0.1, 0.15) is 21.7 Å². The fourth-order valence-electron chi connectivity index (χ4n) is 1.44. The molecule has 1 aromatic carbocycles. The van der Waals surface area contributed by atoms with Crippen molar-refractivity contribution in [3.8, 4) is 0 Å². The van der Waals surface area contributed by atoms with Gasteiger partial charge in [-0.2, -0.15) is 5.10 Å². The molecule has 5 heteroatoms. The van der Waals surface area contributed by atoms with Crippen LogP contribution in [0.3, 0.4) is 0 Å². The summed E-state index contributed by atoms with van der Waals surface area (Å²) in [5.41, 5.74) is 2.89. The van der Waals surface area contributed by atoms with Gasteiger partial charge in [0.15, 0.2) is 5.69 Å². The predicted octanol–water partition coefficient (Wildman–Crippen LogP) is 3.11. The molecular weight excluding hydrogens is 294 g/mol. The zero-order chi connectivity index (χ0) is 13.1. The molecule has 0 spiro atoms. The van der Waals surface area contributed by atoms with Gasteiger partial charge < -0.3 is 5.32 Å². The molecule has 0 aliphatic rings. The largest absolute Gasteiger partial charge is 0.321 e. The third-order valence-corrected chi connectivity index (χ3v) is 3.34. The number of nitrogens with one attached hydrogen (secondary N) is 1. The van der Waals surface area contributed by atoms with Crippen molar-refractivity contribution in [1.82, 2.24) is 10.2 Å². The Morgan fingerprint density at radius 1 is 1.17 bits per heavy atom. The van der Waals surface area contributed by atoms with E-state index in [-0.39, 0.29) is 5.91 Å². The van der Waals surface area contributed by atoms with E-state index in [2.05, 4.69) is 31.4 Å². The van der Waals surface area contributed by atoms with Crippen molar-refractivity contribution in [2.45, 2.75) is 13.8 Å². The zero-order valence-electron chi connectivity index (χ0n) is 10.1. The molecule has 92 valence electrons. The van der Waals surface area contributed by atoms with Crippen molar-refractivity contribution in [2.24, 2.45) is 0 Å². The topological polar surface area (TPSA) is 54.9 Å². The maximum absolute atomic E-state index is 11.9. The van der Waals surface area contributed by atoms with Crippen LogP contribution in [-0.4, -0.2) is 16.1 Å². The van der Waals surface area contributed by atoms with Gasteiger partial charge in [0.25, 0.3) is 5.91 Å². The number of rotatable bonds is 2. The number of anilines is 1. The zero-order valence-corrected chi connectivity index (χ0v) is 11.7. The number of halogens is 1. The summed E-state index contributed by atoms with van der Waals surface area (Å²) in [5.74, 6) is -0.260. The van der Waals surface area contributed by atoms with E-state index in [4.69, 9.17) is 0 Å². The summed E-state index contributed by atoms with van der Waals surface area (Å²) >= 11 is 3.41. The molecule has 2 aromatic rings. The molecule has 1 amide bonds. The van der Waals surface area contributed by atoms with Crippen molar-refractivity contribution < 1.29 is 4.79 Å². The molecule has 0 radical (unpaired) electrons. The van der Waals surface area contributed by atoms with E-state index in [9.17, 15) is 4.79 Å². The normalized spacial score (nSPS) is 10.2. The molecular formula is C13H12BrN3O. The Kier molecular flexibility index (Phi) is 3.72. The van der Waals surface area contributed by atoms with Gasteiger partial charge in [0.05, 0.1) is 5.69 Å². The van der Waals surface area contributed by atoms with Gasteiger partial charge in [-0.25, -0.2) is 0 Å². The number of hydrogen-bond donors (Lipinski definition) is 1. The molecule has 0 atom stereocenters. The number of carbonyl (C=O) groups is 1. The summed E-state index contributed by atoms with van der Waals surface area (Å²) in [6, 6.07) is 9.03. The number of aryl methyl sites for hydroxylation is 2. The first-order valence-electron chi connectivity index (χ1n) is 5.44. The lowest BCUT2D eigenvalue weighted by atomic mass is 10.2. The van der Waals surface area contributed by atoms with Gasteiger partial charge in [0.2, 0.25) is 0 Å². The Morgan fingerprint density at radius 2 is 1.94 bits per heavy atom. The third-order valence-electron chi connectivity index (χ3n) is 2.45. The summed E-state index contributed by atoms with van der Waals surface area (Å²) in [6.07, 6.45) is 0.